The van der Waals surface area contributed by atoms with Crippen LogP contribution in [0.25, 0.3) is 0 Å². The van der Waals surface area contributed by atoms with Gasteiger partial charge in [-0.1, -0.05) is 17.4 Å². The summed E-state index contributed by atoms with van der Waals surface area (Å²) in [4.78, 5) is 0. The molecule has 182 valence electrons. The lowest BCUT2D eigenvalue weighted by atomic mass is 10.0. The quantitative estimate of drug-likeness (QED) is 0.333. The summed E-state index contributed by atoms with van der Waals surface area (Å²) in [7, 11) is 3.18. The second-order valence-corrected chi connectivity index (χ2v) is 7.65. The standard InChI is InChI=1S/C20H34F2N6O4/c1-5-19(28-13-18(24-26-28)15-32-9-7-30-4)11-20(21,22)10-16(2)27-12-17(23-25-27)14-31-8-6-29-3/h12-13,16,19H,5-11,14-15H2,1-4H3. The van der Waals surface area contributed by atoms with Gasteiger partial charge in [0.1, 0.15) is 11.4 Å². The average molecular weight is 461 g/mol. The molecule has 2 rings (SSSR count). The zero-order chi connectivity index (χ0) is 23.4. The normalized spacial score (nSPS) is 14.1. The third-order valence-electron chi connectivity index (χ3n) is 4.90. The van der Waals surface area contributed by atoms with Crippen LogP contribution in [0.3, 0.4) is 0 Å². The van der Waals surface area contributed by atoms with Crippen LogP contribution in [0.15, 0.2) is 12.4 Å². The van der Waals surface area contributed by atoms with Gasteiger partial charge in [-0.15, -0.1) is 10.2 Å². The SMILES string of the molecule is CCC(CC(F)(F)CC(C)n1cc(COCCOC)nn1)n1cc(COCCOC)nn1. The molecule has 32 heavy (non-hydrogen) atoms. The maximum Gasteiger partial charge on any atom is 0.252 e. The van der Waals surface area contributed by atoms with Crippen LogP contribution in [0, 0.1) is 0 Å². The van der Waals surface area contributed by atoms with E-state index in [0.717, 1.165) is 0 Å². The molecule has 0 N–H and O–H groups in total. The van der Waals surface area contributed by atoms with Crippen molar-refractivity contribution in [2.75, 3.05) is 40.6 Å². The fourth-order valence-electron chi connectivity index (χ4n) is 3.17. The highest BCUT2D eigenvalue weighted by Gasteiger charge is 2.35. The second-order valence-electron chi connectivity index (χ2n) is 7.65. The molecule has 0 aliphatic heterocycles. The summed E-state index contributed by atoms with van der Waals surface area (Å²) < 4.78 is 53.3. The van der Waals surface area contributed by atoms with Gasteiger partial charge in [0.15, 0.2) is 0 Å². The molecule has 2 aromatic rings. The van der Waals surface area contributed by atoms with Crippen LogP contribution in [0.2, 0.25) is 0 Å². The van der Waals surface area contributed by atoms with Crippen molar-refractivity contribution in [3.63, 3.8) is 0 Å². The van der Waals surface area contributed by atoms with E-state index in [-0.39, 0.29) is 26.1 Å². The van der Waals surface area contributed by atoms with Crippen molar-refractivity contribution >= 4 is 0 Å². The van der Waals surface area contributed by atoms with Gasteiger partial charge in [0.2, 0.25) is 0 Å². The number of aromatic nitrogens is 6. The van der Waals surface area contributed by atoms with E-state index in [0.29, 0.717) is 44.2 Å². The summed E-state index contributed by atoms with van der Waals surface area (Å²) >= 11 is 0. The van der Waals surface area contributed by atoms with Crippen LogP contribution >= 0.6 is 0 Å². The number of alkyl halides is 2. The number of halogens is 2. The first-order valence-electron chi connectivity index (χ1n) is 10.7. The van der Waals surface area contributed by atoms with E-state index >= 15 is 0 Å². The highest BCUT2D eigenvalue weighted by Crippen LogP contribution is 2.34. The van der Waals surface area contributed by atoms with Gasteiger partial charge >= 0.3 is 0 Å². The van der Waals surface area contributed by atoms with Crippen LogP contribution in [0.5, 0.6) is 0 Å². The number of hydrogen-bond donors (Lipinski definition) is 0. The van der Waals surface area contributed by atoms with E-state index in [1.165, 1.54) is 9.36 Å². The first kappa shape index (κ1) is 26.2. The molecule has 0 aliphatic carbocycles. The minimum Gasteiger partial charge on any atom is -0.382 e. The summed E-state index contributed by atoms with van der Waals surface area (Å²) in [5, 5.41) is 16.0. The van der Waals surface area contributed by atoms with Crippen molar-refractivity contribution in [2.24, 2.45) is 0 Å². The van der Waals surface area contributed by atoms with E-state index in [4.69, 9.17) is 18.9 Å². The molecular weight excluding hydrogens is 426 g/mol. The minimum atomic E-state index is -2.91. The molecule has 10 nitrogen and oxygen atoms in total. The molecule has 2 unspecified atom stereocenters. The molecule has 0 saturated carbocycles. The molecule has 2 atom stereocenters. The molecule has 0 saturated heterocycles. The molecule has 0 spiro atoms. The molecule has 0 bridgehead atoms. The Morgan fingerprint density at radius 2 is 1.41 bits per heavy atom. The highest BCUT2D eigenvalue weighted by atomic mass is 19.3. The molecule has 0 aliphatic rings. The van der Waals surface area contributed by atoms with Gasteiger partial charge in [0, 0.05) is 27.1 Å². The van der Waals surface area contributed by atoms with Gasteiger partial charge in [-0.25, -0.2) is 18.1 Å². The Hall–Kier alpha value is -2.02. The summed E-state index contributed by atoms with van der Waals surface area (Å²) in [5.74, 6) is -2.91. The van der Waals surface area contributed by atoms with Crippen LogP contribution in [0.1, 0.15) is 56.6 Å². The molecular formula is C20H34F2N6O4. The fourth-order valence-corrected chi connectivity index (χ4v) is 3.17. The van der Waals surface area contributed by atoms with E-state index < -0.39 is 18.0 Å². The van der Waals surface area contributed by atoms with E-state index in [2.05, 4.69) is 20.6 Å². The topological polar surface area (TPSA) is 98.3 Å². The summed E-state index contributed by atoms with van der Waals surface area (Å²) in [6.07, 6.45) is 3.09. The van der Waals surface area contributed by atoms with E-state index in [1.54, 1.807) is 33.5 Å². The predicted octanol–water partition coefficient (Wildman–Crippen LogP) is 2.82. The van der Waals surface area contributed by atoms with Crippen LogP contribution in [0.4, 0.5) is 8.78 Å². The summed E-state index contributed by atoms with van der Waals surface area (Å²) in [6.45, 7) is 5.88. The van der Waals surface area contributed by atoms with Crippen molar-refractivity contribution in [2.45, 2.75) is 64.3 Å². The Bertz CT molecular complexity index is 773. The maximum atomic E-state index is 14.9. The summed E-state index contributed by atoms with van der Waals surface area (Å²) in [5.41, 5.74) is 1.18. The number of ether oxygens (including phenoxy) is 4. The van der Waals surface area contributed by atoms with Crippen molar-refractivity contribution in [3.05, 3.63) is 23.8 Å². The number of rotatable bonds is 17. The van der Waals surface area contributed by atoms with Crippen molar-refractivity contribution in [1.82, 2.24) is 30.0 Å². The Balaban J connectivity index is 1.87. The average Bonchev–Trinajstić information content (AvgIpc) is 3.42. The monoisotopic (exact) mass is 460 g/mol. The van der Waals surface area contributed by atoms with Gasteiger partial charge in [0.25, 0.3) is 5.92 Å². The first-order valence-corrected chi connectivity index (χ1v) is 10.7. The van der Waals surface area contributed by atoms with Crippen LogP contribution in [-0.2, 0) is 32.2 Å². The fraction of sp³-hybridized carbons (Fsp3) is 0.800. The highest BCUT2D eigenvalue weighted by molar-refractivity contribution is 4.93. The Kier molecular flexibility index (Phi) is 11.1. The lowest BCUT2D eigenvalue weighted by Crippen LogP contribution is -2.27. The number of hydrogen-bond acceptors (Lipinski definition) is 8. The molecule has 0 fully saturated rings. The largest absolute Gasteiger partial charge is 0.382 e. The Morgan fingerprint density at radius 3 is 1.94 bits per heavy atom. The zero-order valence-electron chi connectivity index (χ0n) is 19.2. The van der Waals surface area contributed by atoms with Gasteiger partial charge in [-0.3, -0.25) is 0 Å². The molecule has 2 aromatic heterocycles. The van der Waals surface area contributed by atoms with Gasteiger partial charge in [-0.05, 0) is 13.3 Å². The van der Waals surface area contributed by atoms with Crippen LogP contribution in [-0.4, -0.2) is 76.6 Å². The molecule has 0 aromatic carbocycles. The number of methoxy groups -OCH3 is 2. The Morgan fingerprint density at radius 1 is 0.875 bits per heavy atom. The Labute approximate surface area is 187 Å². The first-order chi connectivity index (χ1) is 15.4. The van der Waals surface area contributed by atoms with E-state index in [1.807, 2.05) is 6.92 Å². The molecule has 0 amide bonds. The third-order valence-corrected chi connectivity index (χ3v) is 4.90. The zero-order valence-corrected chi connectivity index (χ0v) is 19.2. The van der Waals surface area contributed by atoms with E-state index in [9.17, 15) is 8.78 Å². The van der Waals surface area contributed by atoms with Crippen molar-refractivity contribution < 1.29 is 27.7 Å². The van der Waals surface area contributed by atoms with Gasteiger partial charge < -0.3 is 18.9 Å². The molecule has 2 heterocycles. The van der Waals surface area contributed by atoms with Crippen LogP contribution < -0.4 is 0 Å². The lowest BCUT2D eigenvalue weighted by Gasteiger charge is -2.25. The lowest BCUT2D eigenvalue weighted by molar-refractivity contribution is -0.0422. The molecule has 0 radical (unpaired) electrons. The van der Waals surface area contributed by atoms with Gasteiger partial charge in [-0.2, -0.15) is 0 Å². The van der Waals surface area contributed by atoms with Gasteiger partial charge in [0.05, 0.1) is 64.1 Å². The second kappa shape index (κ2) is 13.5. The third kappa shape index (κ3) is 8.85. The minimum absolute atomic E-state index is 0.258. The van der Waals surface area contributed by atoms with Crippen molar-refractivity contribution in [3.8, 4) is 0 Å². The number of nitrogens with zero attached hydrogens (tertiary/aromatic N) is 6. The predicted molar refractivity (Wildman–Crippen MR) is 111 cm³/mol. The van der Waals surface area contributed by atoms with Crippen molar-refractivity contribution in [1.29, 1.82) is 0 Å². The maximum absolute atomic E-state index is 14.9. The molecule has 12 heteroatoms. The smallest absolute Gasteiger partial charge is 0.252 e. The summed E-state index contributed by atoms with van der Waals surface area (Å²) in [6, 6.07) is -0.999.